The first kappa shape index (κ1) is 17.9. The number of carbonyl (C=O) groups is 1. The molecule has 0 aliphatic heterocycles. The minimum absolute atomic E-state index is 0.0936. The first-order chi connectivity index (χ1) is 13.6. The van der Waals surface area contributed by atoms with E-state index in [0.717, 1.165) is 22.2 Å². The van der Waals surface area contributed by atoms with Gasteiger partial charge in [-0.1, -0.05) is 48.0 Å². The number of nitrogens with one attached hydrogen (secondary N) is 1. The van der Waals surface area contributed by atoms with E-state index in [1.165, 1.54) is 11.9 Å². The Morgan fingerprint density at radius 2 is 1.93 bits per heavy atom. The largest absolute Gasteiger partial charge is 0.348 e. The van der Waals surface area contributed by atoms with Gasteiger partial charge >= 0.3 is 0 Å². The standard InChI is InChI=1S/C22H21N5O/c1-15-7-9-17(10-8-15)21-11-19(18-5-3-4-6-20(18)26-21)22(28)25-16(2)12-27-14-23-13-24-27/h3-11,13-14,16H,12H2,1-2H3,(H,25,28). The molecule has 6 heteroatoms. The van der Waals surface area contributed by atoms with Gasteiger partial charge in [0.25, 0.3) is 5.91 Å². The van der Waals surface area contributed by atoms with Gasteiger partial charge in [0.1, 0.15) is 12.7 Å². The van der Waals surface area contributed by atoms with Crippen molar-refractivity contribution in [3.63, 3.8) is 0 Å². The van der Waals surface area contributed by atoms with E-state index in [2.05, 4.69) is 15.4 Å². The molecule has 6 nitrogen and oxygen atoms in total. The highest BCUT2D eigenvalue weighted by molar-refractivity contribution is 6.07. The average Bonchev–Trinajstić information content (AvgIpc) is 3.20. The van der Waals surface area contributed by atoms with Gasteiger partial charge < -0.3 is 5.32 Å². The highest BCUT2D eigenvalue weighted by Crippen LogP contribution is 2.25. The van der Waals surface area contributed by atoms with E-state index < -0.39 is 0 Å². The summed E-state index contributed by atoms with van der Waals surface area (Å²) in [6, 6.07) is 17.6. The smallest absolute Gasteiger partial charge is 0.252 e. The highest BCUT2D eigenvalue weighted by Gasteiger charge is 2.16. The lowest BCUT2D eigenvalue weighted by Gasteiger charge is -2.15. The molecule has 2 aromatic heterocycles. The molecule has 0 fully saturated rings. The SMILES string of the molecule is Cc1ccc(-c2cc(C(=O)NC(C)Cn3cncn3)c3ccccc3n2)cc1. The molecule has 4 aromatic rings. The minimum Gasteiger partial charge on any atom is -0.348 e. The zero-order valence-electron chi connectivity index (χ0n) is 15.8. The second-order valence-electron chi connectivity index (χ2n) is 6.93. The monoisotopic (exact) mass is 371 g/mol. The molecule has 28 heavy (non-hydrogen) atoms. The molecule has 2 aromatic carbocycles. The number of hydrogen-bond acceptors (Lipinski definition) is 4. The average molecular weight is 371 g/mol. The molecule has 0 saturated heterocycles. The van der Waals surface area contributed by atoms with Crippen molar-refractivity contribution < 1.29 is 4.79 Å². The first-order valence-corrected chi connectivity index (χ1v) is 9.20. The fourth-order valence-corrected chi connectivity index (χ4v) is 3.19. The summed E-state index contributed by atoms with van der Waals surface area (Å²) in [4.78, 5) is 21.7. The van der Waals surface area contributed by atoms with Crippen LogP contribution in [0, 0.1) is 6.92 Å². The van der Waals surface area contributed by atoms with Crippen molar-refractivity contribution in [2.75, 3.05) is 0 Å². The third kappa shape index (κ3) is 3.76. The van der Waals surface area contributed by atoms with Gasteiger partial charge in [0, 0.05) is 17.0 Å². The van der Waals surface area contributed by atoms with Crippen LogP contribution in [-0.4, -0.2) is 31.7 Å². The van der Waals surface area contributed by atoms with Crippen molar-refractivity contribution >= 4 is 16.8 Å². The number of benzene rings is 2. The maximum absolute atomic E-state index is 13.1. The van der Waals surface area contributed by atoms with E-state index in [-0.39, 0.29) is 11.9 Å². The Morgan fingerprint density at radius 1 is 1.14 bits per heavy atom. The van der Waals surface area contributed by atoms with Gasteiger partial charge in [-0.15, -0.1) is 0 Å². The predicted molar refractivity (Wildman–Crippen MR) is 109 cm³/mol. The Kier molecular flexibility index (Phi) is 4.85. The van der Waals surface area contributed by atoms with Crippen molar-refractivity contribution in [1.82, 2.24) is 25.1 Å². The lowest BCUT2D eigenvalue weighted by atomic mass is 10.0. The van der Waals surface area contributed by atoms with Gasteiger partial charge in [-0.3, -0.25) is 9.48 Å². The summed E-state index contributed by atoms with van der Waals surface area (Å²) in [7, 11) is 0. The summed E-state index contributed by atoms with van der Waals surface area (Å²) in [6.07, 6.45) is 3.12. The van der Waals surface area contributed by atoms with Gasteiger partial charge in [0.2, 0.25) is 0 Å². The summed E-state index contributed by atoms with van der Waals surface area (Å²) in [5, 5.41) is 7.99. The number of aryl methyl sites for hydroxylation is 1. The highest BCUT2D eigenvalue weighted by atomic mass is 16.1. The number of amides is 1. The van der Waals surface area contributed by atoms with Crippen molar-refractivity contribution in [3.8, 4) is 11.3 Å². The number of rotatable bonds is 5. The van der Waals surface area contributed by atoms with Gasteiger partial charge in [0.15, 0.2) is 0 Å². The van der Waals surface area contributed by atoms with E-state index >= 15 is 0 Å². The van der Waals surface area contributed by atoms with E-state index in [1.807, 2.05) is 68.4 Å². The van der Waals surface area contributed by atoms with Crippen LogP contribution in [0.2, 0.25) is 0 Å². The first-order valence-electron chi connectivity index (χ1n) is 9.20. The summed E-state index contributed by atoms with van der Waals surface area (Å²) < 4.78 is 1.70. The molecule has 0 radical (unpaired) electrons. The molecule has 1 unspecified atom stereocenters. The lowest BCUT2D eigenvalue weighted by molar-refractivity contribution is 0.0937. The van der Waals surface area contributed by atoms with Crippen LogP contribution in [0.5, 0.6) is 0 Å². The zero-order chi connectivity index (χ0) is 19.5. The Morgan fingerprint density at radius 3 is 2.68 bits per heavy atom. The van der Waals surface area contributed by atoms with Crippen LogP contribution < -0.4 is 5.32 Å². The normalized spacial score (nSPS) is 12.1. The topological polar surface area (TPSA) is 72.7 Å². The number of hydrogen-bond donors (Lipinski definition) is 1. The minimum atomic E-state index is -0.125. The molecular formula is C22H21N5O. The van der Waals surface area contributed by atoms with Crippen molar-refractivity contribution in [2.24, 2.45) is 0 Å². The summed E-state index contributed by atoms with van der Waals surface area (Å²) in [5.41, 5.74) is 4.37. The Bertz CT molecular complexity index is 1100. The van der Waals surface area contributed by atoms with Gasteiger partial charge in [-0.05, 0) is 26.0 Å². The zero-order valence-corrected chi connectivity index (χ0v) is 15.8. The third-order valence-corrected chi connectivity index (χ3v) is 4.61. The molecule has 0 spiro atoms. The molecular weight excluding hydrogens is 350 g/mol. The van der Waals surface area contributed by atoms with E-state index in [1.54, 1.807) is 11.0 Å². The quantitative estimate of drug-likeness (QED) is 0.582. The van der Waals surface area contributed by atoms with E-state index in [9.17, 15) is 4.79 Å². The Hall–Kier alpha value is -3.54. The summed E-state index contributed by atoms with van der Waals surface area (Å²) in [6.45, 7) is 4.55. The lowest BCUT2D eigenvalue weighted by Crippen LogP contribution is -2.36. The van der Waals surface area contributed by atoms with Crippen LogP contribution in [-0.2, 0) is 6.54 Å². The number of nitrogens with zero attached hydrogens (tertiary/aromatic N) is 4. The predicted octanol–water partition coefficient (Wildman–Crippen LogP) is 3.62. The van der Waals surface area contributed by atoms with Gasteiger partial charge in [-0.2, -0.15) is 5.10 Å². The number of fused-ring (bicyclic) bond motifs is 1. The van der Waals surface area contributed by atoms with Crippen molar-refractivity contribution in [2.45, 2.75) is 26.4 Å². The molecule has 1 atom stereocenters. The van der Waals surface area contributed by atoms with Crippen LogP contribution in [0.25, 0.3) is 22.2 Å². The molecule has 0 bridgehead atoms. The maximum atomic E-state index is 13.1. The number of aromatic nitrogens is 4. The molecule has 1 amide bonds. The van der Waals surface area contributed by atoms with Crippen LogP contribution in [0.1, 0.15) is 22.8 Å². The fourth-order valence-electron chi connectivity index (χ4n) is 3.19. The van der Waals surface area contributed by atoms with Gasteiger partial charge in [-0.25, -0.2) is 9.97 Å². The van der Waals surface area contributed by atoms with Crippen LogP contribution >= 0.6 is 0 Å². The number of para-hydroxylation sites is 1. The van der Waals surface area contributed by atoms with E-state index in [4.69, 9.17) is 4.98 Å². The number of carbonyl (C=O) groups excluding carboxylic acids is 1. The number of pyridine rings is 1. The summed E-state index contributed by atoms with van der Waals surface area (Å²) in [5.74, 6) is -0.125. The van der Waals surface area contributed by atoms with Crippen molar-refractivity contribution in [1.29, 1.82) is 0 Å². The van der Waals surface area contributed by atoms with Gasteiger partial charge in [0.05, 0.1) is 23.3 Å². The maximum Gasteiger partial charge on any atom is 0.252 e. The Labute approximate surface area is 163 Å². The molecule has 0 saturated carbocycles. The second kappa shape index (κ2) is 7.60. The van der Waals surface area contributed by atoms with Crippen LogP contribution in [0.3, 0.4) is 0 Å². The molecule has 4 rings (SSSR count). The van der Waals surface area contributed by atoms with E-state index in [0.29, 0.717) is 12.1 Å². The molecule has 0 aliphatic carbocycles. The van der Waals surface area contributed by atoms with Crippen LogP contribution in [0.15, 0.2) is 67.3 Å². The molecule has 1 N–H and O–H groups in total. The van der Waals surface area contributed by atoms with Crippen molar-refractivity contribution in [3.05, 3.63) is 78.4 Å². The Balaban J connectivity index is 1.68. The third-order valence-electron chi connectivity index (χ3n) is 4.61. The second-order valence-corrected chi connectivity index (χ2v) is 6.93. The fraction of sp³-hybridized carbons (Fsp3) is 0.182. The molecule has 2 heterocycles. The summed E-state index contributed by atoms with van der Waals surface area (Å²) >= 11 is 0. The van der Waals surface area contributed by atoms with Crippen LogP contribution in [0.4, 0.5) is 0 Å². The molecule has 140 valence electrons. The molecule has 0 aliphatic rings.